The first-order chi connectivity index (χ1) is 10.7. The van der Waals surface area contributed by atoms with Crippen molar-refractivity contribution in [2.75, 3.05) is 16.8 Å². The molecule has 0 aliphatic heterocycles. The molecule has 126 valence electrons. The average Bonchev–Trinajstić information content (AvgIpc) is 2.47. The standard InChI is InChI=1S/C16H22N2O4S/c1-4-11-5-7-12(8-6-11)17-13(19)9-23-10-14(20)18-16(2,3)15(21)22/h5-8H,4,9-10H2,1-3H3,(H,17,19)(H,18,20)(H,21,22). The van der Waals surface area contributed by atoms with Gasteiger partial charge in [-0.3, -0.25) is 9.59 Å². The number of thioether (sulfide) groups is 1. The van der Waals surface area contributed by atoms with E-state index in [-0.39, 0.29) is 17.4 Å². The molecule has 0 bridgehead atoms. The van der Waals surface area contributed by atoms with Crippen LogP contribution < -0.4 is 10.6 Å². The fourth-order valence-corrected chi connectivity index (χ4v) is 2.31. The molecule has 23 heavy (non-hydrogen) atoms. The molecule has 0 aromatic heterocycles. The van der Waals surface area contributed by atoms with Crippen LogP contribution in [0.2, 0.25) is 0 Å². The predicted octanol–water partition coefficient (Wildman–Crippen LogP) is 1.90. The number of aliphatic carboxylic acids is 1. The molecule has 0 aliphatic carbocycles. The largest absolute Gasteiger partial charge is 0.480 e. The molecule has 2 amide bonds. The maximum atomic E-state index is 11.8. The minimum Gasteiger partial charge on any atom is -0.480 e. The third kappa shape index (κ3) is 6.73. The number of hydrogen-bond acceptors (Lipinski definition) is 4. The average molecular weight is 338 g/mol. The first-order valence-corrected chi connectivity index (χ1v) is 8.41. The van der Waals surface area contributed by atoms with Crippen molar-refractivity contribution in [2.24, 2.45) is 0 Å². The predicted molar refractivity (Wildman–Crippen MR) is 91.6 cm³/mol. The second-order valence-electron chi connectivity index (χ2n) is 5.57. The molecule has 6 nitrogen and oxygen atoms in total. The van der Waals surface area contributed by atoms with Gasteiger partial charge >= 0.3 is 5.97 Å². The number of anilines is 1. The summed E-state index contributed by atoms with van der Waals surface area (Å²) in [5, 5.41) is 14.1. The lowest BCUT2D eigenvalue weighted by atomic mass is 10.1. The zero-order chi connectivity index (χ0) is 17.5. The summed E-state index contributed by atoms with van der Waals surface area (Å²) in [7, 11) is 0. The van der Waals surface area contributed by atoms with Crippen molar-refractivity contribution in [3.63, 3.8) is 0 Å². The van der Waals surface area contributed by atoms with Gasteiger partial charge in [0, 0.05) is 5.69 Å². The van der Waals surface area contributed by atoms with Gasteiger partial charge in [0.2, 0.25) is 11.8 Å². The van der Waals surface area contributed by atoms with Crippen molar-refractivity contribution < 1.29 is 19.5 Å². The molecule has 0 spiro atoms. The van der Waals surface area contributed by atoms with Crippen LogP contribution in [0.3, 0.4) is 0 Å². The van der Waals surface area contributed by atoms with E-state index >= 15 is 0 Å². The van der Waals surface area contributed by atoms with E-state index in [4.69, 9.17) is 5.11 Å². The topological polar surface area (TPSA) is 95.5 Å². The Morgan fingerprint density at radius 3 is 2.17 bits per heavy atom. The van der Waals surface area contributed by atoms with Crippen LogP contribution in [0.1, 0.15) is 26.3 Å². The molecular formula is C16H22N2O4S. The van der Waals surface area contributed by atoms with E-state index in [0.717, 1.165) is 18.2 Å². The second-order valence-corrected chi connectivity index (χ2v) is 6.56. The van der Waals surface area contributed by atoms with Gasteiger partial charge in [-0.2, -0.15) is 0 Å². The molecule has 1 aromatic carbocycles. The van der Waals surface area contributed by atoms with E-state index in [1.165, 1.54) is 19.4 Å². The van der Waals surface area contributed by atoms with Crippen molar-refractivity contribution >= 4 is 35.2 Å². The van der Waals surface area contributed by atoms with E-state index in [2.05, 4.69) is 17.6 Å². The molecule has 1 rings (SSSR count). The Bertz CT molecular complexity index is 570. The lowest BCUT2D eigenvalue weighted by Crippen LogP contribution is -2.50. The molecule has 0 saturated carbocycles. The summed E-state index contributed by atoms with van der Waals surface area (Å²) in [4.78, 5) is 34.3. The third-order valence-corrected chi connectivity index (χ3v) is 4.03. The first-order valence-electron chi connectivity index (χ1n) is 7.25. The Morgan fingerprint density at radius 1 is 1.09 bits per heavy atom. The Kier molecular flexibility index (Phi) is 7.09. The summed E-state index contributed by atoms with van der Waals surface area (Å²) in [5.41, 5.74) is 0.584. The normalized spacial score (nSPS) is 10.9. The van der Waals surface area contributed by atoms with Crippen LogP contribution in [0.15, 0.2) is 24.3 Å². The van der Waals surface area contributed by atoms with Gasteiger partial charge in [0.25, 0.3) is 0 Å². The zero-order valence-electron chi connectivity index (χ0n) is 13.5. The van der Waals surface area contributed by atoms with Crippen LogP contribution in [0.5, 0.6) is 0 Å². The van der Waals surface area contributed by atoms with Gasteiger partial charge < -0.3 is 15.7 Å². The van der Waals surface area contributed by atoms with E-state index in [1.807, 2.05) is 24.3 Å². The van der Waals surface area contributed by atoms with Crippen molar-refractivity contribution in [3.8, 4) is 0 Å². The van der Waals surface area contributed by atoms with Crippen LogP contribution in [0.4, 0.5) is 5.69 Å². The number of rotatable bonds is 8. The van der Waals surface area contributed by atoms with Crippen molar-refractivity contribution in [1.29, 1.82) is 0 Å². The quantitative estimate of drug-likeness (QED) is 0.673. The summed E-state index contributed by atoms with van der Waals surface area (Å²) >= 11 is 1.13. The van der Waals surface area contributed by atoms with E-state index in [9.17, 15) is 14.4 Å². The minimum absolute atomic E-state index is 0.0267. The fraction of sp³-hybridized carbons (Fsp3) is 0.438. The number of carbonyl (C=O) groups excluding carboxylic acids is 2. The fourth-order valence-electron chi connectivity index (χ4n) is 1.70. The highest BCUT2D eigenvalue weighted by Gasteiger charge is 2.28. The summed E-state index contributed by atoms with van der Waals surface area (Å²) in [5.74, 6) is -1.58. The zero-order valence-corrected chi connectivity index (χ0v) is 14.3. The Balaban J connectivity index is 2.33. The lowest BCUT2D eigenvalue weighted by Gasteiger charge is -2.20. The first kappa shape index (κ1) is 19.0. The van der Waals surface area contributed by atoms with Gasteiger partial charge in [-0.15, -0.1) is 11.8 Å². The summed E-state index contributed by atoms with van der Waals surface area (Å²) in [6.45, 7) is 4.87. The molecule has 0 radical (unpaired) electrons. The molecule has 0 atom stereocenters. The molecule has 0 saturated heterocycles. The highest BCUT2D eigenvalue weighted by molar-refractivity contribution is 8.00. The number of carbonyl (C=O) groups is 3. The lowest BCUT2D eigenvalue weighted by molar-refractivity contribution is -0.145. The Labute approximate surface area is 140 Å². The van der Waals surface area contributed by atoms with Crippen LogP contribution in [-0.4, -0.2) is 39.9 Å². The Hall–Kier alpha value is -2.02. The molecule has 1 aromatic rings. The number of carboxylic acids is 1. The summed E-state index contributed by atoms with van der Waals surface area (Å²) in [6, 6.07) is 7.57. The van der Waals surface area contributed by atoms with Gasteiger partial charge in [0.1, 0.15) is 5.54 Å². The summed E-state index contributed by atoms with van der Waals surface area (Å²) < 4.78 is 0. The molecule has 7 heteroatoms. The summed E-state index contributed by atoms with van der Waals surface area (Å²) in [6.07, 6.45) is 0.936. The second kappa shape index (κ2) is 8.57. The number of benzene rings is 1. The highest BCUT2D eigenvalue weighted by Crippen LogP contribution is 2.11. The van der Waals surface area contributed by atoms with Crippen LogP contribution in [0.25, 0.3) is 0 Å². The van der Waals surface area contributed by atoms with Gasteiger partial charge in [0.15, 0.2) is 0 Å². The number of hydrogen-bond donors (Lipinski definition) is 3. The Morgan fingerprint density at radius 2 is 1.65 bits per heavy atom. The number of aryl methyl sites for hydroxylation is 1. The SMILES string of the molecule is CCc1ccc(NC(=O)CSCC(=O)NC(C)(C)C(=O)O)cc1. The van der Waals surface area contributed by atoms with E-state index in [0.29, 0.717) is 5.69 Å². The number of carboxylic acid groups (broad SMARTS) is 1. The van der Waals surface area contributed by atoms with Crippen molar-refractivity contribution in [2.45, 2.75) is 32.7 Å². The maximum absolute atomic E-state index is 11.8. The highest BCUT2D eigenvalue weighted by atomic mass is 32.2. The van der Waals surface area contributed by atoms with Crippen LogP contribution in [0, 0.1) is 0 Å². The van der Waals surface area contributed by atoms with Gasteiger partial charge in [-0.05, 0) is 38.0 Å². The molecular weight excluding hydrogens is 316 g/mol. The van der Waals surface area contributed by atoms with E-state index < -0.39 is 17.4 Å². The maximum Gasteiger partial charge on any atom is 0.328 e. The van der Waals surface area contributed by atoms with Crippen LogP contribution >= 0.6 is 11.8 Å². The molecule has 0 aliphatic rings. The van der Waals surface area contributed by atoms with E-state index in [1.54, 1.807) is 0 Å². The minimum atomic E-state index is -1.32. The monoisotopic (exact) mass is 338 g/mol. The molecule has 3 N–H and O–H groups in total. The van der Waals surface area contributed by atoms with Crippen LogP contribution in [-0.2, 0) is 20.8 Å². The molecule has 0 unspecified atom stereocenters. The molecule has 0 heterocycles. The number of amides is 2. The third-order valence-electron chi connectivity index (χ3n) is 3.10. The number of nitrogens with one attached hydrogen (secondary N) is 2. The van der Waals surface area contributed by atoms with Gasteiger partial charge in [-0.25, -0.2) is 4.79 Å². The molecule has 0 fully saturated rings. The van der Waals surface area contributed by atoms with Gasteiger partial charge in [0.05, 0.1) is 11.5 Å². The van der Waals surface area contributed by atoms with Gasteiger partial charge in [-0.1, -0.05) is 19.1 Å². The van der Waals surface area contributed by atoms with Crippen molar-refractivity contribution in [1.82, 2.24) is 5.32 Å². The van der Waals surface area contributed by atoms with Crippen molar-refractivity contribution in [3.05, 3.63) is 29.8 Å². The smallest absolute Gasteiger partial charge is 0.328 e.